The number of ether oxygens (including phenoxy) is 1. The summed E-state index contributed by atoms with van der Waals surface area (Å²) in [7, 11) is 1.52. The van der Waals surface area contributed by atoms with Crippen molar-refractivity contribution in [3.63, 3.8) is 0 Å². The molecule has 2 rings (SSSR count). The van der Waals surface area contributed by atoms with Crippen LogP contribution in [0.1, 0.15) is 17.2 Å². The zero-order chi connectivity index (χ0) is 16.1. The Hall–Kier alpha value is -1.82. The van der Waals surface area contributed by atoms with E-state index in [0.717, 1.165) is 0 Å². The van der Waals surface area contributed by atoms with Gasteiger partial charge in [0.05, 0.1) is 24.8 Å². The summed E-state index contributed by atoms with van der Waals surface area (Å²) in [5.74, 6) is 0.109. The van der Waals surface area contributed by atoms with Crippen LogP contribution < -0.4 is 10.1 Å². The molecular formula is C16H17ClFNO3. The van der Waals surface area contributed by atoms with Crippen LogP contribution in [0.25, 0.3) is 0 Å². The second-order valence-electron chi connectivity index (χ2n) is 4.78. The molecule has 0 saturated heterocycles. The first-order chi connectivity index (χ1) is 10.5. The molecule has 0 fully saturated rings. The van der Waals surface area contributed by atoms with Crippen molar-refractivity contribution in [2.45, 2.75) is 12.6 Å². The molecule has 2 aromatic carbocycles. The van der Waals surface area contributed by atoms with Crippen molar-refractivity contribution in [2.24, 2.45) is 0 Å². The van der Waals surface area contributed by atoms with Gasteiger partial charge in [-0.2, -0.15) is 0 Å². The quantitative estimate of drug-likeness (QED) is 0.764. The maximum absolute atomic E-state index is 13.5. The number of aromatic hydroxyl groups is 1. The van der Waals surface area contributed by atoms with Crippen molar-refractivity contribution < 1.29 is 19.3 Å². The van der Waals surface area contributed by atoms with Crippen molar-refractivity contribution in [1.82, 2.24) is 5.32 Å². The van der Waals surface area contributed by atoms with E-state index in [0.29, 0.717) is 23.4 Å². The van der Waals surface area contributed by atoms with Crippen LogP contribution in [0.4, 0.5) is 4.39 Å². The zero-order valence-electron chi connectivity index (χ0n) is 12.0. The number of aliphatic hydroxyl groups is 1. The van der Waals surface area contributed by atoms with Gasteiger partial charge in [0.25, 0.3) is 0 Å². The molecule has 6 heteroatoms. The first-order valence-electron chi connectivity index (χ1n) is 6.70. The van der Waals surface area contributed by atoms with Crippen molar-refractivity contribution in [2.75, 3.05) is 13.7 Å². The number of phenolic OH excluding ortho intramolecular Hbond substituents is 1. The Kier molecular flexibility index (Phi) is 5.60. The number of nitrogens with one attached hydrogen (secondary N) is 1. The molecule has 0 aliphatic heterocycles. The second-order valence-corrected chi connectivity index (χ2v) is 5.19. The van der Waals surface area contributed by atoms with E-state index in [1.165, 1.54) is 25.3 Å². The third-order valence-electron chi connectivity index (χ3n) is 3.36. The van der Waals surface area contributed by atoms with Crippen molar-refractivity contribution >= 4 is 11.6 Å². The van der Waals surface area contributed by atoms with Crippen molar-refractivity contribution in [3.8, 4) is 11.5 Å². The van der Waals surface area contributed by atoms with Gasteiger partial charge in [0, 0.05) is 18.2 Å². The lowest BCUT2D eigenvalue weighted by atomic mass is 10.1. The summed E-state index contributed by atoms with van der Waals surface area (Å²) in [6.45, 7) is 0.100. The smallest absolute Gasteiger partial charge is 0.142 e. The van der Waals surface area contributed by atoms with E-state index < -0.39 is 11.9 Å². The fraction of sp³-hybridized carbons (Fsp3) is 0.250. The maximum Gasteiger partial charge on any atom is 0.142 e. The molecule has 0 saturated carbocycles. The maximum atomic E-state index is 13.5. The van der Waals surface area contributed by atoms with Crippen LogP contribution in [0.15, 0.2) is 36.4 Å². The molecule has 4 nitrogen and oxygen atoms in total. The van der Waals surface area contributed by atoms with E-state index in [-0.39, 0.29) is 17.4 Å². The Morgan fingerprint density at radius 2 is 2.05 bits per heavy atom. The summed E-state index contributed by atoms with van der Waals surface area (Å²) in [5.41, 5.74) is 1.23. The minimum atomic E-state index is -0.535. The van der Waals surface area contributed by atoms with Crippen molar-refractivity contribution in [3.05, 3.63) is 58.4 Å². The van der Waals surface area contributed by atoms with Crippen LogP contribution in [0.5, 0.6) is 11.5 Å². The number of rotatable bonds is 6. The van der Waals surface area contributed by atoms with Gasteiger partial charge in [0.2, 0.25) is 0 Å². The van der Waals surface area contributed by atoms with E-state index in [1.54, 1.807) is 18.2 Å². The molecule has 1 atom stereocenters. The van der Waals surface area contributed by atoms with E-state index in [4.69, 9.17) is 16.3 Å². The fourth-order valence-electron chi connectivity index (χ4n) is 2.07. The molecule has 2 aromatic rings. The number of hydrogen-bond donors (Lipinski definition) is 3. The molecule has 22 heavy (non-hydrogen) atoms. The molecule has 0 spiro atoms. The number of hydrogen-bond acceptors (Lipinski definition) is 4. The standard InChI is InChI=1S/C16H17ClFNO3/c1-22-12-4-2-11(16(21)7-12)8-19-15(9-20)10-3-5-13(17)14(18)6-10/h2-7,15,19-21H,8-9H2,1H3. The lowest BCUT2D eigenvalue weighted by Gasteiger charge is -2.18. The summed E-state index contributed by atoms with van der Waals surface area (Å²) in [5, 5.41) is 22.5. The van der Waals surface area contributed by atoms with Gasteiger partial charge in [-0.25, -0.2) is 4.39 Å². The predicted octanol–water partition coefficient (Wildman–Crippen LogP) is 3.02. The molecule has 0 amide bonds. The highest BCUT2D eigenvalue weighted by atomic mass is 35.5. The van der Waals surface area contributed by atoms with E-state index >= 15 is 0 Å². The molecule has 0 aliphatic rings. The van der Waals surface area contributed by atoms with E-state index in [9.17, 15) is 14.6 Å². The van der Waals surface area contributed by atoms with Gasteiger partial charge in [0.1, 0.15) is 17.3 Å². The van der Waals surface area contributed by atoms with Crippen molar-refractivity contribution in [1.29, 1.82) is 0 Å². The number of aliphatic hydroxyl groups excluding tert-OH is 1. The highest BCUT2D eigenvalue weighted by Gasteiger charge is 2.13. The average molecular weight is 326 g/mol. The van der Waals surface area contributed by atoms with Crippen LogP contribution in [0.3, 0.4) is 0 Å². The minimum absolute atomic E-state index is 0.0354. The normalized spacial score (nSPS) is 12.2. The van der Waals surface area contributed by atoms with E-state index in [2.05, 4.69) is 5.32 Å². The first kappa shape index (κ1) is 16.5. The summed E-state index contributed by atoms with van der Waals surface area (Å²) in [4.78, 5) is 0. The molecule has 0 aromatic heterocycles. The summed E-state index contributed by atoms with van der Waals surface area (Å²) < 4.78 is 18.5. The van der Waals surface area contributed by atoms with Crippen LogP contribution >= 0.6 is 11.6 Å². The van der Waals surface area contributed by atoms with Gasteiger partial charge in [-0.15, -0.1) is 0 Å². The molecule has 0 radical (unpaired) electrons. The molecule has 0 heterocycles. The van der Waals surface area contributed by atoms with Gasteiger partial charge >= 0.3 is 0 Å². The molecule has 1 unspecified atom stereocenters. The Balaban J connectivity index is 2.09. The number of benzene rings is 2. The monoisotopic (exact) mass is 325 g/mol. The van der Waals surface area contributed by atoms with Gasteiger partial charge in [-0.3, -0.25) is 0 Å². The lowest BCUT2D eigenvalue weighted by Crippen LogP contribution is -2.24. The van der Waals surface area contributed by atoms with Gasteiger partial charge in [-0.05, 0) is 23.8 Å². The highest BCUT2D eigenvalue weighted by molar-refractivity contribution is 6.30. The molecule has 118 valence electrons. The zero-order valence-corrected chi connectivity index (χ0v) is 12.8. The topological polar surface area (TPSA) is 61.7 Å². The number of phenols is 1. The van der Waals surface area contributed by atoms with Crippen LogP contribution in [-0.2, 0) is 6.54 Å². The Bertz CT molecular complexity index is 651. The van der Waals surface area contributed by atoms with Crippen LogP contribution in [-0.4, -0.2) is 23.9 Å². The summed E-state index contributed by atoms with van der Waals surface area (Å²) in [6, 6.07) is 8.87. The second kappa shape index (κ2) is 7.45. The Morgan fingerprint density at radius 1 is 1.27 bits per heavy atom. The van der Waals surface area contributed by atoms with E-state index in [1.807, 2.05) is 0 Å². The fourth-order valence-corrected chi connectivity index (χ4v) is 2.19. The SMILES string of the molecule is COc1ccc(CNC(CO)c2ccc(Cl)c(F)c2)c(O)c1. The largest absolute Gasteiger partial charge is 0.507 e. The van der Waals surface area contributed by atoms with Crippen LogP contribution in [0.2, 0.25) is 5.02 Å². The van der Waals surface area contributed by atoms with Crippen LogP contribution in [0, 0.1) is 5.82 Å². The van der Waals surface area contributed by atoms with Gasteiger partial charge in [-0.1, -0.05) is 23.7 Å². The highest BCUT2D eigenvalue weighted by Crippen LogP contribution is 2.25. The summed E-state index contributed by atoms with van der Waals surface area (Å²) >= 11 is 5.65. The lowest BCUT2D eigenvalue weighted by molar-refractivity contribution is 0.243. The predicted molar refractivity (Wildman–Crippen MR) is 82.7 cm³/mol. The number of halogens is 2. The molecule has 0 aliphatic carbocycles. The van der Waals surface area contributed by atoms with Gasteiger partial charge < -0.3 is 20.3 Å². The first-order valence-corrected chi connectivity index (χ1v) is 7.08. The third-order valence-corrected chi connectivity index (χ3v) is 3.67. The number of methoxy groups -OCH3 is 1. The molecule has 3 N–H and O–H groups in total. The minimum Gasteiger partial charge on any atom is -0.507 e. The average Bonchev–Trinajstić information content (AvgIpc) is 2.52. The molecular weight excluding hydrogens is 309 g/mol. The Labute approximate surface area is 133 Å². The summed E-state index contributed by atoms with van der Waals surface area (Å²) in [6.07, 6.45) is 0. The molecule has 0 bridgehead atoms. The Morgan fingerprint density at radius 3 is 2.64 bits per heavy atom. The third kappa shape index (κ3) is 3.88. The van der Waals surface area contributed by atoms with Gasteiger partial charge in [0.15, 0.2) is 0 Å².